The molecule has 0 saturated heterocycles. The molecule has 0 atom stereocenters. The smallest absolute Gasteiger partial charge is 0.270 e. The van der Waals surface area contributed by atoms with Crippen LogP contribution in [-0.2, 0) is 16.6 Å². The molecule has 0 unspecified atom stereocenters. The second kappa shape index (κ2) is 7.41. The van der Waals surface area contributed by atoms with E-state index < -0.39 is 32.3 Å². The molecule has 2 heterocycles. The predicted octanol–water partition coefficient (Wildman–Crippen LogP) is 4.51. The highest BCUT2D eigenvalue weighted by Gasteiger charge is 2.41. The van der Waals surface area contributed by atoms with Crippen molar-refractivity contribution < 1.29 is 22.0 Å². The van der Waals surface area contributed by atoms with Gasteiger partial charge in [0.15, 0.2) is 4.91 Å². The summed E-state index contributed by atoms with van der Waals surface area (Å²) < 4.78 is 54.1. The molecule has 9 heteroatoms. The van der Waals surface area contributed by atoms with E-state index in [4.69, 9.17) is 0 Å². The fourth-order valence-corrected chi connectivity index (χ4v) is 5.42. The first kappa shape index (κ1) is 19.3. The van der Waals surface area contributed by atoms with E-state index in [1.165, 1.54) is 42.5 Å². The highest BCUT2D eigenvalue weighted by atomic mass is 32.2. The molecule has 0 bridgehead atoms. The van der Waals surface area contributed by atoms with Gasteiger partial charge < -0.3 is 5.32 Å². The number of Topliss-reactive ketones (excluding diaryl/α,β-unsaturated/α-hetero) is 1. The average molecular weight is 432 g/mol. The van der Waals surface area contributed by atoms with Crippen LogP contribution >= 0.6 is 11.3 Å². The van der Waals surface area contributed by atoms with Crippen molar-refractivity contribution in [3.63, 3.8) is 0 Å². The summed E-state index contributed by atoms with van der Waals surface area (Å²) in [4.78, 5) is 12.6. The summed E-state index contributed by atoms with van der Waals surface area (Å²) >= 11 is 1.13. The Morgan fingerprint density at radius 2 is 1.79 bits per heavy atom. The number of carbonyl (C=O) groups excluding carboxylic acids is 1. The molecule has 1 N–H and O–H groups in total. The van der Waals surface area contributed by atoms with Crippen molar-refractivity contribution in [2.75, 3.05) is 9.62 Å². The lowest BCUT2D eigenvalue weighted by atomic mass is 10.2. The summed E-state index contributed by atoms with van der Waals surface area (Å²) in [5.41, 5.74) is 1.16. The Kier molecular flexibility index (Phi) is 4.93. The lowest BCUT2D eigenvalue weighted by Gasteiger charge is -2.29. The Morgan fingerprint density at radius 3 is 2.52 bits per heavy atom. The first-order valence-corrected chi connectivity index (χ1v) is 10.8. The third-order valence-corrected chi connectivity index (χ3v) is 7.01. The van der Waals surface area contributed by atoms with Gasteiger partial charge in [0.1, 0.15) is 16.5 Å². The second-order valence-corrected chi connectivity index (χ2v) is 9.01. The number of allylic oxidation sites excluding steroid dienone is 1. The summed E-state index contributed by atoms with van der Waals surface area (Å²) in [6.45, 7) is -0.0586. The molecule has 1 aliphatic rings. The van der Waals surface area contributed by atoms with Gasteiger partial charge in [-0.25, -0.2) is 17.2 Å². The number of fused-ring (bicyclic) bond motifs is 1. The number of carbonyl (C=O) groups is 1. The van der Waals surface area contributed by atoms with E-state index in [9.17, 15) is 22.0 Å². The third kappa shape index (κ3) is 3.66. The third-order valence-electron chi connectivity index (χ3n) is 4.35. The average Bonchev–Trinajstić information content (AvgIpc) is 3.16. The van der Waals surface area contributed by atoms with Crippen LogP contribution < -0.4 is 9.62 Å². The molecule has 0 aliphatic carbocycles. The Morgan fingerprint density at radius 1 is 1.03 bits per heavy atom. The zero-order chi connectivity index (χ0) is 20.6. The predicted molar refractivity (Wildman–Crippen MR) is 108 cm³/mol. The fourth-order valence-electron chi connectivity index (χ4n) is 2.94. The maximum atomic E-state index is 13.4. The number of hydrogen-bond acceptors (Lipinski definition) is 5. The first-order chi connectivity index (χ1) is 13.9. The maximum Gasteiger partial charge on any atom is 0.270 e. The van der Waals surface area contributed by atoms with E-state index in [2.05, 4.69) is 5.32 Å². The molecule has 0 saturated carbocycles. The molecular weight excluding hydrogens is 418 g/mol. The number of hydrogen-bond donors (Lipinski definition) is 1. The number of halogens is 2. The van der Waals surface area contributed by atoms with Gasteiger partial charge in [0, 0.05) is 11.9 Å². The van der Waals surface area contributed by atoms with Gasteiger partial charge in [0.25, 0.3) is 10.0 Å². The van der Waals surface area contributed by atoms with Crippen LogP contribution in [0.25, 0.3) is 0 Å². The summed E-state index contributed by atoms with van der Waals surface area (Å²) in [5, 5.41) is 4.32. The van der Waals surface area contributed by atoms with Crippen molar-refractivity contribution in [1.29, 1.82) is 0 Å². The van der Waals surface area contributed by atoms with Crippen molar-refractivity contribution in [3.8, 4) is 0 Å². The van der Waals surface area contributed by atoms with Crippen molar-refractivity contribution in [2.45, 2.75) is 6.54 Å². The quantitative estimate of drug-likeness (QED) is 0.616. The van der Waals surface area contributed by atoms with Crippen LogP contribution in [0.4, 0.5) is 20.2 Å². The Labute approximate surface area is 170 Å². The van der Waals surface area contributed by atoms with E-state index in [0.29, 0.717) is 11.3 Å². The molecule has 29 heavy (non-hydrogen) atoms. The van der Waals surface area contributed by atoms with Crippen LogP contribution in [0.5, 0.6) is 0 Å². The van der Waals surface area contributed by atoms with E-state index in [0.717, 1.165) is 21.8 Å². The van der Waals surface area contributed by atoms with Crippen molar-refractivity contribution in [2.24, 2.45) is 0 Å². The van der Waals surface area contributed by atoms with E-state index in [1.54, 1.807) is 17.5 Å². The van der Waals surface area contributed by atoms with Crippen molar-refractivity contribution in [3.05, 3.63) is 93.2 Å². The van der Waals surface area contributed by atoms with Gasteiger partial charge in [-0.1, -0.05) is 18.2 Å². The maximum absolute atomic E-state index is 13.4. The number of nitrogens with zero attached hydrogens (tertiary/aromatic N) is 1. The summed E-state index contributed by atoms with van der Waals surface area (Å²) in [7, 11) is -4.18. The van der Waals surface area contributed by atoms with Gasteiger partial charge >= 0.3 is 0 Å². The SMILES string of the molecule is O=C1/C(=C/Nc2cccc(F)c2)S(=O)(=O)N(Cc2ccc(F)cc2)c2ccsc21. The molecule has 1 aliphatic heterocycles. The summed E-state index contributed by atoms with van der Waals surface area (Å²) in [5.74, 6) is -1.56. The minimum atomic E-state index is -4.18. The standard InChI is InChI=1S/C20H14F2N2O3S2/c21-14-6-4-13(5-7-14)12-24-17-8-9-28-20(17)19(25)18(29(24,26)27)11-23-16-3-1-2-15(22)10-16/h1-11,23H,12H2/b18-11-. The van der Waals surface area contributed by atoms with Crippen LogP contribution in [0.2, 0.25) is 0 Å². The normalized spacial score (nSPS) is 16.7. The molecule has 148 valence electrons. The lowest BCUT2D eigenvalue weighted by Crippen LogP contribution is -2.38. The van der Waals surface area contributed by atoms with Gasteiger partial charge in [0.05, 0.1) is 12.2 Å². The van der Waals surface area contributed by atoms with Crippen LogP contribution in [0.15, 0.2) is 71.1 Å². The molecule has 2 aromatic carbocycles. The summed E-state index contributed by atoms with van der Waals surface area (Å²) in [6, 6.07) is 12.5. The number of sulfonamides is 1. The number of thiophene rings is 1. The van der Waals surface area contributed by atoms with Gasteiger partial charge in [-0.2, -0.15) is 0 Å². The fraction of sp³-hybridized carbons (Fsp3) is 0.0500. The molecule has 5 nitrogen and oxygen atoms in total. The zero-order valence-electron chi connectivity index (χ0n) is 14.8. The lowest BCUT2D eigenvalue weighted by molar-refractivity contribution is 0.104. The number of ketones is 1. The minimum Gasteiger partial charge on any atom is -0.360 e. The van der Waals surface area contributed by atoms with Crippen LogP contribution in [0, 0.1) is 11.6 Å². The molecule has 1 aromatic heterocycles. The largest absolute Gasteiger partial charge is 0.360 e. The molecule has 0 spiro atoms. The highest BCUT2D eigenvalue weighted by Crippen LogP contribution is 2.39. The van der Waals surface area contributed by atoms with E-state index >= 15 is 0 Å². The topological polar surface area (TPSA) is 66.5 Å². The summed E-state index contributed by atoms with van der Waals surface area (Å²) in [6.07, 6.45) is 1.08. The molecule has 3 aromatic rings. The second-order valence-electron chi connectivity index (χ2n) is 6.27. The number of anilines is 2. The van der Waals surface area contributed by atoms with Gasteiger partial charge in [-0.15, -0.1) is 11.3 Å². The van der Waals surface area contributed by atoms with Crippen molar-refractivity contribution in [1.82, 2.24) is 0 Å². The Hall–Kier alpha value is -3.04. The molecule has 4 rings (SSSR count). The first-order valence-electron chi connectivity index (χ1n) is 8.48. The van der Waals surface area contributed by atoms with E-state index in [1.807, 2.05) is 0 Å². The van der Waals surface area contributed by atoms with E-state index in [-0.39, 0.29) is 17.1 Å². The van der Waals surface area contributed by atoms with Crippen molar-refractivity contribution >= 4 is 38.5 Å². The van der Waals surface area contributed by atoms with Gasteiger partial charge in [-0.3, -0.25) is 9.10 Å². The number of nitrogens with one attached hydrogen (secondary N) is 1. The van der Waals surface area contributed by atoms with Crippen LogP contribution in [0.3, 0.4) is 0 Å². The van der Waals surface area contributed by atoms with Crippen LogP contribution in [0.1, 0.15) is 15.2 Å². The zero-order valence-corrected chi connectivity index (χ0v) is 16.4. The molecule has 0 fully saturated rings. The Balaban J connectivity index is 1.74. The van der Waals surface area contributed by atoms with Gasteiger partial charge in [-0.05, 0) is 47.3 Å². The number of benzene rings is 2. The van der Waals surface area contributed by atoms with Crippen LogP contribution in [-0.4, -0.2) is 14.2 Å². The molecule has 0 amide bonds. The highest BCUT2D eigenvalue weighted by molar-refractivity contribution is 7.97. The molecular formula is C20H14F2N2O3S2. The monoisotopic (exact) mass is 432 g/mol. The number of rotatable bonds is 4. The minimum absolute atomic E-state index is 0.0586. The molecule has 0 radical (unpaired) electrons. The van der Waals surface area contributed by atoms with Gasteiger partial charge in [0.2, 0.25) is 5.78 Å². The Bertz CT molecular complexity index is 1220.